The van der Waals surface area contributed by atoms with E-state index in [2.05, 4.69) is 20.6 Å². The Kier molecular flexibility index (Phi) is 6.94. The molecule has 1 aromatic carbocycles. The zero-order chi connectivity index (χ0) is 25.4. The predicted molar refractivity (Wildman–Crippen MR) is 132 cm³/mol. The van der Waals surface area contributed by atoms with E-state index in [0.29, 0.717) is 49.2 Å². The lowest BCUT2D eigenvalue weighted by Gasteiger charge is -2.29. The molecule has 5 rings (SSSR count). The largest absolute Gasteiger partial charge is 0.393 e. The van der Waals surface area contributed by atoms with Crippen molar-refractivity contribution >= 4 is 46.3 Å². The topological polar surface area (TPSA) is 131 Å². The summed E-state index contributed by atoms with van der Waals surface area (Å²) in [6.45, 7) is 0. The number of nitrogens with one attached hydrogen (secondary N) is 2. The molecule has 3 aromatic rings. The van der Waals surface area contributed by atoms with Crippen LogP contribution in [-0.4, -0.2) is 42.7 Å². The SMILES string of the molecule is NC(=O)[C@H]1CC[C@H](n2c(Nc3ccc(Cl)c(F)c3F)nc3cnc(N[C@H]4CCC[C@@H](O)C4)nc32)CC1. The number of halogens is 3. The molecule has 2 heterocycles. The molecule has 5 N–H and O–H groups in total. The minimum atomic E-state index is -1.15. The Labute approximate surface area is 211 Å². The molecule has 2 aliphatic rings. The number of carbonyl (C=O) groups excluding carboxylic acids is 1. The van der Waals surface area contributed by atoms with Gasteiger partial charge in [0.15, 0.2) is 17.3 Å². The summed E-state index contributed by atoms with van der Waals surface area (Å²) in [6.07, 6.45) is 6.97. The third-order valence-electron chi connectivity index (χ3n) is 7.16. The standard InChI is InChI=1S/C24H28ClF2N7O2/c25-16-8-9-17(20(27)19(16)26)31-24-32-18-11-29-23(30-13-2-1-3-15(35)10-13)33-22(18)34(24)14-6-4-12(5-7-14)21(28)36/h8-9,11-15,35H,1-7,10H2,(H2,28,36)(H,31,32)(H,29,30,33)/t12-,13-,14-,15+/m0/s1. The van der Waals surface area contributed by atoms with Crippen molar-refractivity contribution in [3.8, 4) is 0 Å². The monoisotopic (exact) mass is 519 g/mol. The molecular formula is C24H28ClF2N7O2. The van der Waals surface area contributed by atoms with Crippen molar-refractivity contribution in [2.75, 3.05) is 10.6 Å². The smallest absolute Gasteiger partial charge is 0.224 e. The van der Waals surface area contributed by atoms with Crippen LogP contribution < -0.4 is 16.4 Å². The van der Waals surface area contributed by atoms with E-state index in [1.807, 2.05) is 4.57 Å². The van der Waals surface area contributed by atoms with Gasteiger partial charge in [0.2, 0.25) is 17.8 Å². The molecule has 36 heavy (non-hydrogen) atoms. The molecule has 2 aromatic heterocycles. The van der Waals surface area contributed by atoms with Gasteiger partial charge in [0.05, 0.1) is 23.0 Å². The van der Waals surface area contributed by atoms with Crippen LogP contribution in [0.5, 0.6) is 0 Å². The van der Waals surface area contributed by atoms with E-state index >= 15 is 0 Å². The Morgan fingerprint density at radius 2 is 1.89 bits per heavy atom. The van der Waals surface area contributed by atoms with Crippen molar-refractivity contribution in [1.29, 1.82) is 0 Å². The molecule has 12 heteroatoms. The molecule has 2 fully saturated rings. The van der Waals surface area contributed by atoms with E-state index in [-0.39, 0.29) is 46.7 Å². The fraction of sp³-hybridized carbons (Fsp3) is 0.500. The van der Waals surface area contributed by atoms with Gasteiger partial charge in [0.25, 0.3) is 0 Å². The number of carbonyl (C=O) groups is 1. The van der Waals surface area contributed by atoms with Crippen molar-refractivity contribution in [2.24, 2.45) is 11.7 Å². The molecule has 0 aliphatic heterocycles. The van der Waals surface area contributed by atoms with Crippen molar-refractivity contribution in [3.05, 3.63) is 35.0 Å². The Bertz CT molecular complexity index is 1280. The molecule has 9 nitrogen and oxygen atoms in total. The first-order valence-corrected chi connectivity index (χ1v) is 12.6. The number of imidazole rings is 1. The van der Waals surface area contributed by atoms with Crippen LogP contribution in [0.15, 0.2) is 18.3 Å². The number of aromatic nitrogens is 4. The van der Waals surface area contributed by atoms with Crippen LogP contribution in [0.3, 0.4) is 0 Å². The van der Waals surface area contributed by atoms with Crippen LogP contribution in [-0.2, 0) is 4.79 Å². The second-order valence-corrected chi connectivity index (χ2v) is 10.0. The second kappa shape index (κ2) is 10.1. The molecule has 0 spiro atoms. The Balaban J connectivity index is 1.51. The van der Waals surface area contributed by atoms with Gasteiger partial charge in [-0.05, 0) is 63.5 Å². The molecule has 0 bridgehead atoms. The van der Waals surface area contributed by atoms with Crippen LogP contribution in [0.4, 0.5) is 26.4 Å². The lowest BCUT2D eigenvalue weighted by atomic mass is 9.85. The van der Waals surface area contributed by atoms with Gasteiger partial charge in [-0.1, -0.05) is 11.6 Å². The highest BCUT2D eigenvalue weighted by atomic mass is 35.5. The van der Waals surface area contributed by atoms with Gasteiger partial charge < -0.3 is 21.5 Å². The Morgan fingerprint density at radius 1 is 1.11 bits per heavy atom. The number of amides is 1. The molecular weight excluding hydrogens is 492 g/mol. The first-order valence-electron chi connectivity index (χ1n) is 12.2. The van der Waals surface area contributed by atoms with Crippen LogP contribution in [0.25, 0.3) is 11.2 Å². The zero-order valence-corrected chi connectivity index (χ0v) is 20.3. The number of rotatable bonds is 6. The second-order valence-electron chi connectivity index (χ2n) is 9.63. The van der Waals surface area contributed by atoms with E-state index in [1.54, 1.807) is 6.20 Å². The molecule has 0 saturated heterocycles. The number of nitrogens with two attached hydrogens (primary N) is 1. The summed E-state index contributed by atoms with van der Waals surface area (Å²) in [5.41, 5.74) is 6.42. The Morgan fingerprint density at radius 3 is 2.61 bits per heavy atom. The van der Waals surface area contributed by atoms with Gasteiger partial charge in [-0.25, -0.2) is 18.7 Å². The van der Waals surface area contributed by atoms with Crippen molar-refractivity contribution < 1.29 is 18.7 Å². The van der Waals surface area contributed by atoms with E-state index in [9.17, 15) is 18.7 Å². The number of primary amides is 1. The number of anilines is 3. The fourth-order valence-corrected chi connectivity index (χ4v) is 5.38. The summed E-state index contributed by atoms with van der Waals surface area (Å²) in [6, 6.07) is 2.58. The number of nitrogens with zero attached hydrogens (tertiary/aromatic N) is 4. The van der Waals surface area contributed by atoms with Gasteiger partial charge in [0.1, 0.15) is 5.52 Å². The van der Waals surface area contributed by atoms with Gasteiger partial charge in [-0.3, -0.25) is 9.36 Å². The molecule has 2 saturated carbocycles. The number of fused-ring (bicyclic) bond motifs is 1. The van der Waals surface area contributed by atoms with Crippen molar-refractivity contribution in [3.63, 3.8) is 0 Å². The lowest BCUT2D eigenvalue weighted by molar-refractivity contribution is -0.122. The first-order chi connectivity index (χ1) is 17.3. The maximum absolute atomic E-state index is 14.6. The van der Waals surface area contributed by atoms with Crippen LogP contribution in [0.1, 0.15) is 57.4 Å². The zero-order valence-electron chi connectivity index (χ0n) is 19.6. The summed E-state index contributed by atoms with van der Waals surface area (Å²) < 4.78 is 30.6. The van der Waals surface area contributed by atoms with Gasteiger partial charge >= 0.3 is 0 Å². The van der Waals surface area contributed by atoms with Gasteiger partial charge in [0, 0.05) is 18.0 Å². The highest BCUT2D eigenvalue weighted by Crippen LogP contribution is 2.37. The number of aliphatic hydroxyl groups is 1. The molecule has 192 valence electrons. The van der Waals surface area contributed by atoms with Crippen LogP contribution >= 0.6 is 11.6 Å². The average Bonchev–Trinajstić information content (AvgIpc) is 3.21. The van der Waals surface area contributed by atoms with Gasteiger partial charge in [-0.2, -0.15) is 4.98 Å². The van der Waals surface area contributed by atoms with Crippen molar-refractivity contribution in [2.45, 2.75) is 69.6 Å². The number of hydrogen-bond donors (Lipinski definition) is 4. The van der Waals surface area contributed by atoms with Crippen LogP contribution in [0, 0.1) is 17.6 Å². The van der Waals surface area contributed by atoms with E-state index in [4.69, 9.17) is 22.3 Å². The summed E-state index contributed by atoms with van der Waals surface area (Å²) in [5.74, 6) is -2.07. The number of benzene rings is 1. The van der Waals surface area contributed by atoms with E-state index < -0.39 is 11.6 Å². The number of hydrogen-bond acceptors (Lipinski definition) is 7. The Hall–Kier alpha value is -3.05. The van der Waals surface area contributed by atoms with Crippen molar-refractivity contribution in [1.82, 2.24) is 19.5 Å². The molecule has 0 radical (unpaired) electrons. The normalized spacial score (nSPS) is 24.6. The highest BCUT2D eigenvalue weighted by Gasteiger charge is 2.30. The summed E-state index contributed by atoms with van der Waals surface area (Å²) in [7, 11) is 0. The maximum Gasteiger partial charge on any atom is 0.224 e. The number of aliphatic hydroxyl groups excluding tert-OH is 1. The average molecular weight is 520 g/mol. The predicted octanol–water partition coefficient (Wildman–Crippen LogP) is 4.43. The summed E-state index contributed by atoms with van der Waals surface area (Å²) in [4.78, 5) is 25.4. The fourth-order valence-electron chi connectivity index (χ4n) is 5.23. The van der Waals surface area contributed by atoms with E-state index in [0.717, 1.165) is 19.3 Å². The van der Waals surface area contributed by atoms with Crippen LogP contribution in [0.2, 0.25) is 5.02 Å². The molecule has 1 amide bonds. The maximum atomic E-state index is 14.6. The third kappa shape index (κ3) is 4.94. The summed E-state index contributed by atoms with van der Waals surface area (Å²) in [5, 5.41) is 15.9. The quantitative estimate of drug-likeness (QED) is 0.354. The first kappa shape index (κ1) is 24.6. The molecule has 0 unspecified atom stereocenters. The molecule has 2 atom stereocenters. The van der Waals surface area contributed by atoms with E-state index in [1.165, 1.54) is 12.1 Å². The van der Waals surface area contributed by atoms with Gasteiger partial charge in [-0.15, -0.1) is 0 Å². The lowest BCUT2D eigenvalue weighted by Crippen LogP contribution is -2.30. The minimum absolute atomic E-state index is 0.0531. The third-order valence-corrected chi connectivity index (χ3v) is 7.45. The molecule has 2 aliphatic carbocycles. The summed E-state index contributed by atoms with van der Waals surface area (Å²) >= 11 is 5.71. The highest BCUT2D eigenvalue weighted by molar-refractivity contribution is 6.30. The minimum Gasteiger partial charge on any atom is -0.393 e.